The first-order chi connectivity index (χ1) is 8.49. The van der Waals surface area contributed by atoms with Crippen LogP contribution in [0, 0.1) is 5.92 Å². The summed E-state index contributed by atoms with van der Waals surface area (Å²) in [7, 11) is 1.91. The Kier molecular flexibility index (Phi) is 3.55. The van der Waals surface area contributed by atoms with Gasteiger partial charge in [-0.15, -0.1) is 0 Å². The third-order valence-electron chi connectivity index (χ3n) is 3.26. The molecule has 1 aliphatic carbocycles. The van der Waals surface area contributed by atoms with Crippen molar-refractivity contribution in [3.63, 3.8) is 0 Å². The third kappa shape index (κ3) is 2.47. The highest BCUT2D eigenvalue weighted by Gasteiger charge is 2.22. The molecule has 1 aromatic rings. The Balaban J connectivity index is 2.41. The van der Waals surface area contributed by atoms with Crippen molar-refractivity contribution in [3.05, 3.63) is 22.9 Å². The number of carboxylic acids is 1. The van der Waals surface area contributed by atoms with Crippen molar-refractivity contribution in [1.82, 2.24) is 4.98 Å². The Morgan fingerprint density at radius 2 is 2.22 bits per heavy atom. The quantitative estimate of drug-likeness (QED) is 0.888. The van der Waals surface area contributed by atoms with Crippen molar-refractivity contribution < 1.29 is 9.90 Å². The lowest BCUT2D eigenvalue weighted by Gasteiger charge is -2.22. The number of rotatable bonds is 4. The highest BCUT2D eigenvalue weighted by atomic mass is 16.4. The maximum atomic E-state index is 11.3. The van der Waals surface area contributed by atoms with Crippen molar-refractivity contribution in [2.45, 2.75) is 33.1 Å². The molecule has 1 N–H and O–H groups in total. The van der Waals surface area contributed by atoms with E-state index in [2.05, 4.69) is 18.8 Å². The molecule has 0 radical (unpaired) electrons. The van der Waals surface area contributed by atoms with Crippen LogP contribution in [0.2, 0.25) is 0 Å². The van der Waals surface area contributed by atoms with E-state index in [9.17, 15) is 9.90 Å². The molecule has 0 unspecified atom stereocenters. The predicted molar refractivity (Wildman–Crippen MR) is 71.3 cm³/mol. The number of carbonyl (C=O) groups is 1. The minimum absolute atomic E-state index is 0.332. The van der Waals surface area contributed by atoms with Gasteiger partial charge in [0.2, 0.25) is 0 Å². The standard InChI is InChI=1S/C14H20N2O2/c1-9(2)8-16(3)13-11(14(17)18)7-10-5-4-6-12(10)15-13/h7,9H,4-6,8H2,1-3H3,(H,17,18). The highest BCUT2D eigenvalue weighted by Crippen LogP contribution is 2.27. The van der Waals surface area contributed by atoms with Crippen molar-refractivity contribution in [3.8, 4) is 0 Å². The Morgan fingerprint density at radius 3 is 2.83 bits per heavy atom. The Hall–Kier alpha value is -1.58. The van der Waals surface area contributed by atoms with Crippen LogP contribution in [0.3, 0.4) is 0 Å². The van der Waals surface area contributed by atoms with Gasteiger partial charge in [0.1, 0.15) is 11.4 Å². The van der Waals surface area contributed by atoms with Crippen LogP contribution in [0.5, 0.6) is 0 Å². The summed E-state index contributed by atoms with van der Waals surface area (Å²) in [6.45, 7) is 5.04. The first-order valence-electron chi connectivity index (χ1n) is 6.46. The van der Waals surface area contributed by atoms with Crippen molar-refractivity contribution in [2.75, 3.05) is 18.5 Å². The van der Waals surface area contributed by atoms with E-state index in [0.29, 0.717) is 17.3 Å². The van der Waals surface area contributed by atoms with Crippen molar-refractivity contribution >= 4 is 11.8 Å². The van der Waals surface area contributed by atoms with E-state index < -0.39 is 5.97 Å². The van der Waals surface area contributed by atoms with Gasteiger partial charge in [-0.2, -0.15) is 0 Å². The number of hydrogen-bond acceptors (Lipinski definition) is 3. The summed E-state index contributed by atoms with van der Waals surface area (Å²) in [5.74, 6) is 0.200. The summed E-state index contributed by atoms with van der Waals surface area (Å²) in [5, 5.41) is 9.31. The minimum atomic E-state index is -0.886. The molecule has 0 amide bonds. The zero-order valence-corrected chi connectivity index (χ0v) is 11.2. The van der Waals surface area contributed by atoms with Gasteiger partial charge in [0.15, 0.2) is 0 Å². The number of anilines is 1. The Morgan fingerprint density at radius 1 is 1.50 bits per heavy atom. The number of pyridine rings is 1. The van der Waals surface area contributed by atoms with E-state index in [1.165, 1.54) is 0 Å². The lowest BCUT2D eigenvalue weighted by molar-refractivity contribution is 0.0697. The second kappa shape index (κ2) is 4.96. The molecule has 0 saturated heterocycles. The first kappa shape index (κ1) is 12.9. The summed E-state index contributed by atoms with van der Waals surface area (Å²) < 4.78 is 0. The summed E-state index contributed by atoms with van der Waals surface area (Å²) in [4.78, 5) is 17.9. The number of hydrogen-bond donors (Lipinski definition) is 1. The van der Waals surface area contributed by atoms with Crippen molar-refractivity contribution in [2.24, 2.45) is 5.92 Å². The number of aryl methyl sites for hydroxylation is 2. The summed E-state index contributed by atoms with van der Waals surface area (Å²) in [6.07, 6.45) is 3.01. The molecule has 1 aromatic heterocycles. The summed E-state index contributed by atoms with van der Waals surface area (Å²) >= 11 is 0. The molecule has 1 aliphatic rings. The SMILES string of the molecule is CC(C)CN(C)c1nc2c(cc1C(=O)O)CCC2. The molecular formula is C14H20N2O2. The lowest BCUT2D eigenvalue weighted by Crippen LogP contribution is -2.26. The van der Waals surface area contributed by atoms with Crippen LogP contribution in [0.4, 0.5) is 5.82 Å². The number of aromatic nitrogens is 1. The monoisotopic (exact) mass is 248 g/mol. The summed E-state index contributed by atoms with van der Waals surface area (Å²) in [6, 6.07) is 1.81. The maximum Gasteiger partial charge on any atom is 0.339 e. The average Bonchev–Trinajstić information content (AvgIpc) is 2.72. The van der Waals surface area contributed by atoms with Crippen molar-refractivity contribution in [1.29, 1.82) is 0 Å². The van der Waals surface area contributed by atoms with Crippen LogP contribution in [-0.2, 0) is 12.8 Å². The molecule has 1 heterocycles. The number of fused-ring (bicyclic) bond motifs is 1. The van der Waals surface area contributed by atoms with Gasteiger partial charge < -0.3 is 10.0 Å². The molecular weight excluding hydrogens is 228 g/mol. The van der Waals surface area contributed by atoms with E-state index in [0.717, 1.165) is 37.1 Å². The molecule has 0 aromatic carbocycles. The van der Waals surface area contributed by atoms with Crippen LogP contribution in [0.1, 0.15) is 41.9 Å². The van der Waals surface area contributed by atoms with Crippen LogP contribution in [-0.4, -0.2) is 29.7 Å². The van der Waals surface area contributed by atoms with Gasteiger partial charge >= 0.3 is 5.97 Å². The minimum Gasteiger partial charge on any atom is -0.478 e. The molecule has 0 fully saturated rings. The van der Waals surface area contributed by atoms with E-state index >= 15 is 0 Å². The fourth-order valence-corrected chi connectivity index (χ4v) is 2.54. The van der Waals surface area contributed by atoms with E-state index in [4.69, 9.17) is 0 Å². The Labute approximate surface area is 108 Å². The summed E-state index contributed by atoms with van der Waals surface area (Å²) in [5.41, 5.74) is 2.51. The molecule has 4 nitrogen and oxygen atoms in total. The molecule has 18 heavy (non-hydrogen) atoms. The predicted octanol–water partition coefficient (Wildman–Crippen LogP) is 2.36. The van der Waals surface area contributed by atoms with E-state index in [1.807, 2.05) is 18.0 Å². The maximum absolute atomic E-state index is 11.3. The number of carboxylic acid groups (broad SMARTS) is 1. The molecule has 0 atom stereocenters. The molecule has 0 bridgehead atoms. The second-order valence-electron chi connectivity index (χ2n) is 5.40. The topological polar surface area (TPSA) is 53.4 Å². The lowest BCUT2D eigenvalue weighted by atomic mass is 10.1. The van der Waals surface area contributed by atoms with E-state index in [-0.39, 0.29) is 0 Å². The third-order valence-corrected chi connectivity index (χ3v) is 3.26. The second-order valence-corrected chi connectivity index (χ2v) is 5.40. The van der Waals surface area contributed by atoms with Crippen LogP contribution >= 0.6 is 0 Å². The van der Waals surface area contributed by atoms with Gasteiger partial charge in [0.25, 0.3) is 0 Å². The molecule has 4 heteroatoms. The number of nitrogens with zero attached hydrogens (tertiary/aromatic N) is 2. The first-order valence-corrected chi connectivity index (χ1v) is 6.46. The fourth-order valence-electron chi connectivity index (χ4n) is 2.54. The van der Waals surface area contributed by atoms with Gasteiger partial charge in [-0.1, -0.05) is 13.8 Å². The fraction of sp³-hybridized carbons (Fsp3) is 0.571. The molecule has 2 rings (SSSR count). The number of aromatic carboxylic acids is 1. The zero-order valence-electron chi connectivity index (χ0n) is 11.2. The highest BCUT2D eigenvalue weighted by molar-refractivity contribution is 5.93. The smallest absolute Gasteiger partial charge is 0.339 e. The van der Waals surface area contributed by atoms with Gasteiger partial charge in [-0.25, -0.2) is 9.78 Å². The van der Waals surface area contributed by atoms with Gasteiger partial charge in [0.05, 0.1) is 0 Å². The van der Waals surface area contributed by atoms with Gasteiger partial charge in [0, 0.05) is 19.3 Å². The molecule has 0 spiro atoms. The normalized spacial score (nSPS) is 13.8. The van der Waals surface area contributed by atoms with Crippen LogP contribution in [0.25, 0.3) is 0 Å². The van der Waals surface area contributed by atoms with E-state index in [1.54, 1.807) is 0 Å². The van der Waals surface area contributed by atoms with Gasteiger partial charge in [-0.3, -0.25) is 0 Å². The zero-order chi connectivity index (χ0) is 13.3. The molecule has 0 aliphatic heterocycles. The van der Waals surface area contributed by atoms with Crippen LogP contribution < -0.4 is 4.90 Å². The molecule has 0 saturated carbocycles. The Bertz CT molecular complexity index is 469. The average molecular weight is 248 g/mol. The largest absolute Gasteiger partial charge is 0.478 e. The van der Waals surface area contributed by atoms with Gasteiger partial charge in [-0.05, 0) is 36.8 Å². The molecule has 98 valence electrons. The van der Waals surface area contributed by atoms with Crippen LogP contribution in [0.15, 0.2) is 6.07 Å².